The number of aliphatic hydroxyl groups is 3. The van der Waals surface area contributed by atoms with Crippen LogP contribution in [0.1, 0.15) is 213 Å². The van der Waals surface area contributed by atoms with Crippen LogP contribution in [0.3, 0.4) is 0 Å². The molecule has 1 aliphatic heterocycles. The van der Waals surface area contributed by atoms with Gasteiger partial charge in [0.1, 0.15) is 36.8 Å². The molecule has 6 atom stereocenters. The normalized spacial score (nSPS) is 20.4. The van der Waals surface area contributed by atoms with Crippen LogP contribution < -0.4 is 0 Å². The van der Waals surface area contributed by atoms with Gasteiger partial charge in [-0.1, -0.05) is 187 Å². The van der Waals surface area contributed by atoms with E-state index in [1.165, 1.54) is 135 Å². The van der Waals surface area contributed by atoms with Crippen molar-refractivity contribution in [3.05, 3.63) is 0 Å². The maximum Gasteiger partial charge on any atom is 0.306 e. The van der Waals surface area contributed by atoms with Crippen LogP contribution in [0.5, 0.6) is 0 Å². The molecule has 13 heteroatoms. The predicted octanol–water partition coefficient (Wildman–Crippen LogP) is 9.29. The highest BCUT2D eigenvalue weighted by Gasteiger charge is 2.46. The van der Waals surface area contributed by atoms with Crippen LogP contribution in [0.25, 0.3) is 0 Å². The Kier molecular flexibility index (Phi) is 33.3. The maximum absolute atomic E-state index is 12.7. The van der Waals surface area contributed by atoms with Gasteiger partial charge in [-0.15, -0.1) is 0 Å². The lowest BCUT2D eigenvalue weighted by Gasteiger charge is -2.40. The molecule has 1 heterocycles. The molecule has 0 aliphatic carbocycles. The van der Waals surface area contributed by atoms with Gasteiger partial charge in [-0.05, 0) is 12.8 Å². The molecule has 1 rings (SSSR count). The monoisotopic (exact) mass is 837 g/mol. The first-order valence-electron chi connectivity index (χ1n) is 23.1. The molecule has 0 aromatic rings. The van der Waals surface area contributed by atoms with Crippen LogP contribution in [0.2, 0.25) is 0 Å². The fourth-order valence-corrected chi connectivity index (χ4v) is 8.02. The van der Waals surface area contributed by atoms with Crippen LogP contribution in [0.4, 0.5) is 0 Å². The molecular weight excluding hydrogens is 753 g/mol. The van der Waals surface area contributed by atoms with Crippen molar-refractivity contribution in [2.24, 2.45) is 0 Å². The van der Waals surface area contributed by atoms with Crippen molar-refractivity contribution in [2.75, 3.05) is 19.0 Å². The first-order valence-corrected chi connectivity index (χ1v) is 24.7. The van der Waals surface area contributed by atoms with Crippen molar-refractivity contribution in [2.45, 2.75) is 250 Å². The second kappa shape index (κ2) is 35.4. The van der Waals surface area contributed by atoms with Gasteiger partial charge in [-0.25, -0.2) is 0 Å². The van der Waals surface area contributed by atoms with Crippen LogP contribution in [0.15, 0.2) is 0 Å². The van der Waals surface area contributed by atoms with Gasteiger partial charge in [0.05, 0.1) is 6.61 Å². The highest BCUT2D eigenvalue weighted by atomic mass is 32.2. The average molecular weight is 837 g/mol. The summed E-state index contributed by atoms with van der Waals surface area (Å²) in [5.74, 6) is -1.96. The van der Waals surface area contributed by atoms with E-state index in [2.05, 4.69) is 13.8 Å². The Morgan fingerprint density at radius 1 is 0.526 bits per heavy atom. The Balaban J connectivity index is 2.36. The SMILES string of the molecule is CCCCCCCCCCCCCCCCCCCCCC(=O)OC[C@H](CO[C@H]1O[C@H](CS(=O)(=O)O)[C@@H](O)C(O)C1O)OC(=O)CCCCCCCCCCCC. The molecule has 0 radical (unpaired) electrons. The number of carbonyl (C=O) groups excluding carboxylic acids is 2. The minimum absolute atomic E-state index is 0.171. The summed E-state index contributed by atoms with van der Waals surface area (Å²) in [7, 11) is -4.59. The minimum Gasteiger partial charge on any atom is -0.462 e. The predicted molar refractivity (Wildman–Crippen MR) is 224 cm³/mol. The number of aliphatic hydroxyl groups excluding tert-OH is 3. The zero-order valence-electron chi connectivity index (χ0n) is 36.0. The van der Waals surface area contributed by atoms with Gasteiger partial charge < -0.3 is 34.3 Å². The Morgan fingerprint density at radius 3 is 1.28 bits per heavy atom. The highest BCUT2D eigenvalue weighted by molar-refractivity contribution is 7.85. The molecule has 0 saturated carbocycles. The fraction of sp³-hybridized carbons (Fsp3) is 0.955. The molecule has 0 bridgehead atoms. The molecule has 4 N–H and O–H groups in total. The van der Waals surface area contributed by atoms with Gasteiger partial charge in [0.25, 0.3) is 10.1 Å². The molecule has 1 saturated heterocycles. The quantitative estimate of drug-likeness (QED) is 0.0262. The van der Waals surface area contributed by atoms with Crippen molar-refractivity contribution in [3.8, 4) is 0 Å². The molecule has 1 fully saturated rings. The van der Waals surface area contributed by atoms with Crippen LogP contribution in [-0.4, -0.2) is 96.0 Å². The lowest BCUT2D eigenvalue weighted by Crippen LogP contribution is -2.60. The zero-order chi connectivity index (χ0) is 42.0. The summed E-state index contributed by atoms with van der Waals surface area (Å²) in [4.78, 5) is 25.3. The van der Waals surface area contributed by atoms with E-state index in [4.69, 9.17) is 18.9 Å². The van der Waals surface area contributed by atoms with E-state index >= 15 is 0 Å². The lowest BCUT2D eigenvalue weighted by atomic mass is 10.00. The molecule has 12 nitrogen and oxygen atoms in total. The maximum atomic E-state index is 12.7. The molecule has 0 aromatic heterocycles. The molecule has 57 heavy (non-hydrogen) atoms. The third kappa shape index (κ3) is 30.4. The van der Waals surface area contributed by atoms with Crippen molar-refractivity contribution < 1.29 is 56.8 Å². The van der Waals surface area contributed by atoms with Gasteiger partial charge in [0.15, 0.2) is 12.4 Å². The summed E-state index contributed by atoms with van der Waals surface area (Å²) in [5, 5.41) is 30.8. The van der Waals surface area contributed by atoms with Gasteiger partial charge >= 0.3 is 11.9 Å². The second-order valence-electron chi connectivity index (χ2n) is 16.4. The first kappa shape index (κ1) is 53.7. The van der Waals surface area contributed by atoms with Gasteiger partial charge in [0, 0.05) is 12.8 Å². The molecule has 2 unspecified atom stereocenters. The van der Waals surface area contributed by atoms with E-state index in [1.807, 2.05) is 0 Å². The van der Waals surface area contributed by atoms with Gasteiger partial charge in [-0.3, -0.25) is 14.1 Å². The number of ether oxygens (including phenoxy) is 4. The van der Waals surface area contributed by atoms with Gasteiger partial charge in [-0.2, -0.15) is 8.42 Å². The topological polar surface area (TPSA) is 186 Å². The van der Waals surface area contributed by atoms with Crippen molar-refractivity contribution in [1.82, 2.24) is 0 Å². The Hall–Kier alpha value is -1.35. The molecule has 0 aromatic carbocycles. The van der Waals surface area contributed by atoms with E-state index in [0.717, 1.165) is 38.5 Å². The fourth-order valence-electron chi connectivity index (χ4n) is 7.33. The smallest absolute Gasteiger partial charge is 0.306 e. The van der Waals surface area contributed by atoms with E-state index in [0.29, 0.717) is 12.8 Å². The number of rotatable bonds is 39. The number of esters is 2. The van der Waals surface area contributed by atoms with E-state index < -0.39 is 71.2 Å². The summed E-state index contributed by atoms with van der Waals surface area (Å²) in [6.45, 7) is 3.76. The molecule has 1 aliphatic rings. The van der Waals surface area contributed by atoms with Crippen molar-refractivity contribution in [1.29, 1.82) is 0 Å². The van der Waals surface area contributed by atoms with Crippen molar-refractivity contribution in [3.63, 3.8) is 0 Å². The molecule has 338 valence electrons. The summed E-state index contributed by atoms with van der Waals surface area (Å²) < 4.78 is 54.0. The van der Waals surface area contributed by atoms with Crippen LogP contribution >= 0.6 is 0 Å². The third-order valence-electron chi connectivity index (χ3n) is 10.9. The van der Waals surface area contributed by atoms with E-state index in [1.54, 1.807) is 0 Å². The Morgan fingerprint density at radius 2 is 0.895 bits per heavy atom. The molecule has 0 spiro atoms. The number of hydrogen-bond donors (Lipinski definition) is 4. The van der Waals surface area contributed by atoms with Gasteiger partial charge in [0.2, 0.25) is 0 Å². The summed E-state index contributed by atoms with van der Waals surface area (Å²) >= 11 is 0. The number of carbonyl (C=O) groups is 2. The minimum atomic E-state index is -4.59. The Bertz CT molecular complexity index is 1070. The average Bonchev–Trinajstić information content (AvgIpc) is 3.17. The largest absolute Gasteiger partial charge is 0.462 e. The first-order chi connectivity index (χ1) is 27.5. The Labute approximate surface area is 346 Å². The van der Waals surface area contributed by atoms with Crippen LogP contribution in [-0.2, 0) is 38.7 Å². The van der Waals surface area contributed by atoms with E-state index in [9.17, 15) is 37.9 Å². The number of unbranched alkanes of at least 4 members (excludes halogenated alkanes) is 27. The summed E-state index contributed by atoms with van der Waals surface area (Å²) in [6.07, 6.45) is 25.9. The van der Waals surface area contributed by atoms with Crippen LogP contribution in [0, 0.1) is 0 Å². The third-order valence-corrected chi connectivity index (χ3v) is 11.7. The number of hydrogen-bond acceptors (Lipinski definition) is 11. The second-order valence-corrected chi connectivity index (χ2v) is 17.9. The summed E-state index contributed by atoms with van der Waals surface area (Å²) in [5.41, 5.74) is 0. The zero-order valence-corrected chi connectivity index (χ0v) is 36.8. The molecule has 0 amide bonds. The highest BCUT2D eigenvalue weighted by Crippen LogP contribution is 2.24. The standard InChI is InChI=1S/C44H84O12S/c1-3-5-7-9-11-13-15-16-17-18-19-20-21-22-23-25-26-28-30-32-39(45)53-34-37(55-40(46)33-31-29-27-24-14-12-10-8-6-4-2)35-54-44-43(49)42(48)41(47)38(56-44)36-57(50,51)52/h37-38,41-44,47-49H,3-36H2,1-2H3,(H,50,51,52)/t37-,38-,41-,42?,43?,44+/m1/s1. The summed E-state index contributed by atoms with van der Waals surface area (Å²) in [6, 6.07) is 0. The lowest BCUT2D eigenvalue weighted by molar-refractivity contribution is -0.297. The van der Waals surface area contributed by atoms with E-state index in [-0.39, 0.29) is 19.4 Å². The molecular formula is C44H84O12S. The van der Waals surface area contributed by atoms with Crippen molar-refractivity contribution >= 4 is 22.1 Å².